The summed E-state index contributed by atoms with van der Waals surface area (Å²) in [7, 11) is 1.71. The zero-order valence-corrected chi connectivity index (χ0v) is 11.0. The first kappa shape index (κ1) is 15.5. The molecule has 0 spiro atoms. The fourth-order valence-corrected chi connectivity index (χ4v) is 1.63. The molecule has 0 aliphatic rings. The Hall–Kier alpha value is -1.55. The van der Waals surface area contributed by atoms with Crippen LogP contribution in [0.15, 0.2) is 12.3 Å². The van der Waals surface area contributed by atoms with E-state index in [4.69, 9.17) is 5.26 Å². The fourth-order valence-electron chi connectivity index (χ4n) is 1.63. The molecule has 0 aliphatic carbocycles. The van der Waals surface area contributed by atoms with Crippen molar-refractivity contribution < 1.29 is 13.2 Å². The predicted octanol–water partition coefficient (Wildman–Crippen LogP) is 2.57. The van der Waals surface area contributed by atoms with Crippen LogP contribution in [-0.4, -0.2) is 22.4 Å². The number of hydrogen-bond donors (Lipinski definition) is 1. The Morgan fingerprint density at radius 1 is 1.42 bits per heavy atom. The van der Waals surface area contributed by atoms with Crippen LogP contribution in [0.4, 0.5) is 13.2 Å². The summed E-state index contributed by atoms with van der Waals surface area (Å²) in [6, 6.07) is 3.13. The smallest absolute Gasteiger partial charge is 0.303 e. The van der Waals surface area contributed by atoms with Gasteiger partial charge in [0.2, 0.25) is 0 Å². The summed E-state index contributed by atoms with van der Waals surface area (Å²) >= 11 is 0. The maximum absolute atomic E-state index is 12.3. The summed E-state index contributed by atoms with van der Waals surface area (Å²) in [4.78, 5) is 0. The lowest BCUT2D eigenvalue weighted by Crippen LogP contribution is -2.37. The van der Waals surface area contributed by atoms with Gasteiger partial charge in [-0.05, 0) is 39.3 Å². The third-order valence-electron chi connectivity index (χ3n) is 3.04. The molecule has 0 saturated heterocycles. The number of halogens is 3. The van der Waals surface area contributed by atoms with Gasteiger partial charge in [-0.15, -0.1) is 0 Å². The van der Waals surface area contributed by atoms with Crippen molar-refractivity contribution in [1.29, 1.82) is 5.26 Å². The third kappa shape index (κ3) is 4.56. The summed E-state index contributed by atoms with van der Waals surface area (Å²) in [6.45, 7) is 2.21. The maximum atomic E-state index is 12.3. The highest BCUT2D eigenvalue weighted by Crippen LogP contribution is 2.27. The molecule has 0 radical (unpaired) electrons. The predicted molar refractivity (Wildman–Crippen MR) is 64.2 cm³/mol. The Balaban J connectivity index is 2.39. The standard InChI is InChI=1S/C12H17F3N4/c1-11(9-16,17-2)6-3-4-7-19-8-5-10(18-19)12(13,14)15/h5,8,17H,3-4,6-7H2,1-2H3. The van der Waals surface area contributed by atoms with Crippen LogP contribution >= 0.6 is 0 Å². The van der Waals surface area contributed by atoms with Crippen LogP contribution in [0.2, 0.25) is 0 Å². The average molecular weight is 274 g/mol. The normalized spacial score (nSPS) is 14.9. The number of alkyl halides is 3. The van der Waals surface area contributed by atoms with Gasteiger partial charge in [0.15, 0.2) is 5.69 Å². The van der Waals surface area contributed by atoms with Crippen molar-refractivity contribution in [1.82, 2.24) is 15.1 Å². The van der Waals surface area contributed by atoms with Gasteiger partial charge in [0, 0.05) is 12.7 Å². The number of aryl methyl sites for hydroxylation is 1. The molecule has 1 unspecified atom stereocenters. The molecule has 0 aromatic carbocycles. The monoisotopic (exact) mass is 274 g/mol. The van der Waals surface area contributed by atoms with E-state index in [9.17, 15) is 13.2 Å². The number of nitriles is 1. The molecule has 4 nitrogen and oxygen atoms in total. The van der Waals surface area contributed by atoms with E-state index < -0.39 is 17.4 Å². The molecule has 0 amide bonds. The van der Waals surface area contributed by atoms with Crippen molar-refractivity contribution in [2.45, 2.75) is 44.4 Å². The maximum Gasteiger partial charge on any atom is 0.435 e. The first-order valence-electron chi connectivity index (χ1n) is 6.01. The number of nitrogens with zero attached hydrogens (tertiary/aromatic N) is 3. The second-order valence-corrected chi connectivity index (χ2v) is 4.61. The summed E-state index contributed by atoms with van der Waals surface area (Å²) < 4.78 is 38.2. The molecule has 0 saturated carbocycles. The molecule has 1 aromatic rings. The van der Waals surface area contributed by atoms with Crippen molar-refractivity contribution in [3.05, 3.63) is 18.0 Å². The van der Waals surface area contributed by atoms with Crippen molar-refractivity contribution in [3.63, 3.8) is 0 Å². The van der Waals surface area contributed by atoms with Gasteiger partial charge in [-0.1, -0.05) is 0 Å². The molecule has 0 aliphatic heterocycles. The van der Waals surface area contributed by atoms with E-state index in [1.165, 1.54) is 10.9 Å². The molecule has 106 valence electrons. The van der Waals surface area contributed by atoms with E-state index in [2.05, 4.69) is 16.5 Å². The molecule has 1 aromatic heterocycles. The van der Waals surface area contributed by atoms with Gasteiger partial charge in [-0.2, -0.15) is 23.5 Å². The van der Waals surface area contributed by atoms with Gasteiger partial charge in [0.1, 0.15) is 5.54 Å². The lowest BCUT2D eigenvalue weighted by molar-refractivity contribution is -0.141. The van der Waals surface area contributed by atoms with Gasteiger partial charge >= 0.3 is 6.18 Å². The molecule has 0 bridgehead atoms. The van der Waals surface area contributed by atoms with Crippen molar-refractivity contribution in [3.8, 4) is 6.07 Å². The highest BCUT2D eigenvalue weighted by molar-refractivity contribution is 5.03. The Morgan fingerprint density at radius 2 is 2.11 bits per heavy atom. The molecular formula is C12H17F3N4. The second-order valence-electron chi connectivity index (χ2n) is 4.61. The summed E-state index contributed by atoms with van der Waals surface area (Å²) in [5, 5.41) is 15.3. The first-order valence-corrected chi connectivity index (χ1v) is 6.01. The Kier molecular flexibility index (Phi) is 4.95. The quantitative estimate of drug-likeness (QED) is 0.811. The van der Waals surface area contributed by atoms with Crippen molar-refractivity contribution in [2.24, 2.45) is 0 Å². The van der Waals surface area contributed by atoms with Crippen LogP contribution < -0.4 is 5.32 Å². The summed E-state index contributed by atoms with van der Waals surface area (Å²) in [5.41, 5.74) is -1.45. The number of aromatic nitrogens is 2. The fraction of sp³-hybridized carbons (Fsp3) is 0.667. The molecular weight excluding hydrogens is 257 g/mol. The van der Waals surface area contributed by atoms with E-state index in [1.54, 1.807) is 14.0 Å². The lowest BCUT2D eigenvalue weighted by Gasteiger charge is -2.20. The zero-order valence-electron chi connectivity index (χ0n) is 11.0. The average Bonchev–Trinajstić information content (AvgIpc) is 2.83. The van der Waals surface area contributed by atoms with Crippen LogP contribution in [-0.2, 0) is 12.7 Å². The molecule has 1 rings (SSSR count). The van der Waals surface area contributed by atoms with Crippen molar-refractivity contribution in [2.75, 3.05) is 7.05 Å². The molecule has 1 heterocycles. The SMILES string of the molecule is CNC(C)(C#N)CCCCn1ccc(C(F)(F)F)n1. The molecule has 1 N–H and O–H groups in total. The topological polar surface area (TPSA) is 53.6 Å². The summed E-state index contributed by atoms with van der Waals surface area (Å²) in [5.74, 6) is 0. The molecule has 19 heavy (non-hydrogen) atoms. The highest BCUT2D eigenvalue weighted by Gasteiger charge is 2.33. The van der Waals surface area contributed by atoms with Gasteiger partial charge in [-0.3, -0.25) is 4.68 Å². The van der Waals surface area contributed by atoms with E-state index in [1.807, 2.05) is 0 Å². The summed E-state index contributed by atoms with van der Waals surface area (Å²) in [6.07, 6.45) is -1.00. The van der Waals surface area contributed by atoms with E-state index in [-0.39, 0.29) is 0 Å². The van der Waals surface area contributed by atoms with Crippen LogP contribution in [0.25, 0.3) is 0 Å². The molecule has 1 atom stereocenters. The number of rotatable bonds is 6. The van der Waals surface area contributed by atoms with Crippen molar-refractivity contribution >= 4 is 0 Å². The second kappa shape index (κ2) is 6.06. The van der Waals surface area contributed by atoms with E-state index in [0.29, 0.717) is 19.4 Å². The number of hydrogen-bond acceptors (Lipinski definition) is 3. The van der Waals surface area contributed by atoms with Gasteiger partial charge in [0.25, 0.3) is 0 Å². The minimum absolute atomic E-state index is 0.418. The van der Waals surface area contributed by atoms with Crippen LogP contribution in [0.1, 0.15) is 31.9 Å². The largest absolute Gasteiger partial charge is 0.435 e. The minimum atomic E-state index is -4.39. The molecule has 7 heteroatoms. The lowest BCUT2D eigenvalue weighted by atomic mass is 9.97. The van der Waals surface area contributed by atoms with Gasteiger partial charge in [-0.25, -0.2) is 0 Å². The minimum Gasteiger partial charge on any atom is -0.303 e. The van der Waals surface area contributed by atoms with Gasteiger partial charge in [0.05, 0.1) is 6.07 Å². The number of unbranched alkanes of at least 4 members (excludes halogenated alkanes) is 1. The first-order chi connectivity index (χ1) is 8.80. The van der Waals surface area contributed by atoms with Crippen LogP contribution in [0.3, 0.4) is 0 Å². The van der Waals surface area contributed by atoms with E-state index >= 15 is 0 Å². The highest BCUT2D eigenvalue weighted by atomic mass is 19.4. The van der Waals surface area contributed by atoms with Crippen LogP contribution in [0.5, 0.6) is 0 Å². The molecule has 0 fully saturated rings. The Bertz CT molecular complexity index is 447. The number of nitrogens with one attached hydrogen (secondary N) is 1. The Morgan fingerprint density at radius 3 is 2.58 bits per heavy atom. The third-order valence-corrected chi connectivity index (χ3v) is 3.04. The van der Waals surface area contributed by atoms with Gasteiger partial charge < -0.3 is 5.32 Å². The zero-order chi connectivity index (χ0) is 14.5. The van der Waals surface area contributed by atoms with E-state index in [0.717, 1.165) is 12.5 Å². The Labute approximate surface area is 110 Å². The van der Waals surface area contributed by atoms with Crippen LogP contribution in [0, 0.1) is 11.3 Å².